The second-order valence-electron chi connectivity index (χ2n) is 11.0. The summed E-state index contributed by atoms with van der Waals surface area (Å²) in [6, 6.07) is 1.30. The number of aromatic nitrogens is 2. The molecule has 5 N–H and O–H groups in total. The van der Waals surface area contributed by atoms with Crippen LogP contribution < -0.4 is 22.1 Å². The van der Waals surface area contributed by atoms with Gasteiger partial charge in [-0.3, -0.25) is 9.36 Å². The Labute approximate surface area is 276 Å². The first-order valence-electron chi connectivity index (χ1n) is 16.1. The lowest BCUT2D eigenvalue weighted by atomic mass is 9.96. The minimum Gasteiger partial charge on any atom is -0.447 e. The number of aliphatic hydroxyl groups is 1. The first kappa shape index (κ1) is 38.9. The molecule has 1 aliphatic heterocycles. The molecule has 0 aromatic carbocycles. The van der Waals surface area contributed by atoms with Crippen LogP contribution in [0.5, 0.6) is 0 Å². The lowest BCUT2D eigenvalue weighted by Crippen LogP contribution is -2.46. The quantitative estimate of drug-likeness (QED) is 0.111. The number of hydrogen-bond acceptors (Lipinski definition) is 8. The third kappa shape index (κ3) is 15.2. The summed E-state index contributed by atoms with van der Waals surface area (Å²) in [5.74, 6) is -0.188. The number of carbonyl (C=O) groups excluding carboxylic acids is 2. The van der Waals surface area contributed by atoms with Gasteiger partial charge in [0.05, 0.1) is 0 Å². The fourth-order valence-corrected chi connectivity index (χ4v) is 4.39. The van der Waals surface area contributed by atoms with Crippen LogP contribution >= 0.6 is 0 Å². The van der Waals surface area contributed by atoms with Crippen molar-refractivity contribution in [1.29, 1.82) is 0 Å². The number of nitrogen functional groups attached to an aromatic ring is 1. The van der Waals surface area contributed by atoms with E-state index in [4.69, 9.17) is 15.2 Å². The van der Waals surface area contributed by atoms with Crippen LogP contribution in [0.4, 0.5) is 15.0 Å². The van der Waals surface area contributed by atoms with Gasteiger partial charge in [-0.1, -0.05) is 79.8 Å². The Kier molecular flexibility index (Phi) is 18.4. The van der Waals surface area contributed by atoms with E-state index in [2.05, 4.69) is 83.3 Å². The fraction of sp³-hybridized carbons (Fsp3) is 0.486. The van der Waals surface area contributed by atoms with Gasteiger partial charge in [-0.2, -0.15) is 4.98 Å². The number of alkyl carbamates (subject to hydrolysis) is 1. The number of nitrogens with one attached hydrogen (secondary N) is 2. The van der Waals surface area contributed by atoms with Gasteiger partial charge in [-0.05, 0) is 57.9 Å². The molecule has 1 saturated heterocycles. The zero-order valence-electron chi connectivity index (χ0n) is 27.4. The minimum absolute atomic E-state index is 0.0379. The third-order valence-corrected chi connectivity index (χ3v) is 7.11. The molecule has 2 heterocycles. The van der Waals surface area contributed by atoms with Crippen molar-refractivity contribution in [3.8, 4) is 0 Å². The van der Waals surface area contributed by atoms with E-state index in [0.717, 1.165) is 43.1 Å². The van der Waals surface area contributed by atoms with E-state index >= 15 is 0 Å². The maximum absolute atomic E-state index is 14.9. The predicted octanol–water partition coefficient (Wildman–Crippen LogP) is 5.13. The lowest BCUT2D eigenvalue weighted by molar-refractivity contribution is -0.121. The normalized spacial score (nSPS) is 21.7. The first-order chi connectivity index (χ1) is 22.7. The topological polar surface area (TPSA) is 158 Å². The summed E-state index contributed by atoms with van der Waals surface area (Å²) in [7, 11) is 0. The van der Waals surface area contributed by atoms with Crippen molar-refractivity contribution in [3.63, 3.8) is 0 Å². The number of nitrogens with two attached hydrogens (primary N) is 1. The molecule has 11 nitrogen and oxygen atoms in total. The van der Waals surface area contributed by atoms with Gasteiger partial charge in [0.1, 0.15) is 24.1 Å². The molecule has 0 saturated carbocycles. The van der Waals surface area contributed by atoms with Crippen molar-refractivity contribution >= 4 is 17.8 Å². The maximum Gasteiger partial charge on any atom is 0.407 e. The Morgan fingerprint density at radius 1 is 0.979 bits per heavy atom. The second-order valence-corrected chi connectivity index (χ2v) is 11.0. The van der Waals surface area contributed by atoms with Gasteiger partial charge in [0.2, 0.25) is 5.91 Å². The van der Waals surface area contributed by atoms with Gasteiger partial charge >= 0.3 is 11.8 Å². The van der Waals surface area contributed by atoms with E-state index in [9.17, 15) is 23.9 Å². The van der Waals surface area contributed by atoms with Crippen molar-refractivity contribution in [2.75, 3.05) is 25.4 Å². The van der Waals surface area contributed by atoms with Crippen molar-refractivity contribution in [2.24, 2.45) is 0 Å². The van der Waals surface area contributed by atoms with Gasteiger partial charge in [0.15, 0.2) is 12.4 Å². The number of anilines is 1. The molecule has 2 rings (SSSR count). The summed E-state index contributed by atoms with van der Waals surface area (Å²) in [5.41, 5.74) is 2.58. The van der Waals surface area contributed by atoms with E-state index in [1.165, 1.54) is 19.2 Å². The zero-order chi connectivity index (χ0) is 34.3. The SMILES string of the molecule is CC/C=C\C/C=C\C/C=C\C/C=C\C/C=C\C/C=C\CCC(=O)NCCNC(=O)OC[C@H]1O[C@@H](n2ccc(N)nc2=O)[C@H](F)[C@]1(C)O. The summed E-state index contributed by atoms with van der Waals surface area (Å²) < 4.78 is 26.3. The molecular formula is C35H50FN5O6. The number of nitrogens with zero attached hydrogens (tertiary/aromatic N) is 2. The minimum atomic E-state index is -2.04. The summed E-state index contributed by atoms with van der Waals surface area (Å²) in [5, 5.41) is 15.8. The monoisotopic (exact) mass is 655 g/mol. The number of carbonyl (C=O) groups is 2. The largest absolute Gasteiger partial charge is 0.447 e. The molecule has 1 fully saturated rings. The van der Waals surface area contributed by atoms with E-state index in [1.54, 1.807) is 0 Å². The Morgan fingerprint density at radius 2 is 1.51 bits per heavy atom. The predicted molar refractivity (Wildman–Crippen MR) is 182 cm³/mol. The molecule has 1 aromatic rings. The van der Waals surface area contributed by atoms with E-state index in [1.807, 2.05) is 12.2 Å². The number of halogens is 1. The Morgan fingerprint density at radius 3 is 2.06 bits per heavy atom. The standard InChI is InChI=1S/C35H50FN5O6/c1-3-4-5-6-7-8-9-10-11-12-13-14-15-16-17-18-19-20-21-22-30(42)38-24-25-39-34(44)46-27-28-35(2,45)31(36)32(47-28)41-26-23-29(37)40-33(41)43/h4-5,7-8,10-11,13-14,16-17,19-20,23,26,28,31-32,45H,3,6,9,12,15,18,21-22,24-25,27H2,1-2H3,(H,38,42)(H,39,44)(H2,37,40,43)/b5-4-,8-7-,11-10-,14-13-,17-16-,20-19-/t28-,31+,32-,35-/m1/s1. The smallest absolute Gasteiger partial charge is 0.407 e. The number of alkyl halides is 1. The third-order valence-electron chi connectivity index (χ3n) is 7.11. The number of rotatable bonds is 20. The van der Waals surface area contributed by atoms with Crippen LogP contribution in [0.1, 0.15) is 71.4 Å². The van der Waals surface area contributed by atoms with Gasteiger partial charge in [0.25, 0.3) is 0 Å². The number of ether oxygens (including phenoxy) is 2. The van der Waals surface area contributed by atoms with E-state index < -0.39 is 42.5 Å². The molecule has 0 unspecified atom stereocenters. The highest BCUT2D eigenvalue weighted by Gasteiger charge is 2.55. The molecule has 0 radical (unpaired) electrons. The molecule has 47 heavy (non-hydrogen) atoms. The molecule has 258 valence electrons. The number of hydrogen-bond donors (Lipinski definition) is 4. The summed E-state index contributed by atoms with van der Waals surface area (Å²) in [6.07, 6.45) is 27.8. The van der Waals surface area contributed by atoms with Gasteiger partial charge < -0.3 is 30.9 Å². The summed E-state index contributed by atoms with van der Waals surface area (Å²) >= 11 is 0. The van der Waals surface area contributed by atoms with Crippen LogP contribution in [-0.4, -0.2) is 64.2 Å². The van der Waals surface area contributed by atoms with E-state index in [0.29, 0.717) is 12.8 Å². The van der Waals surface area contributed by atoms with Crippen LogP contribution in [0.25, 0.3) is 0 Å². The van der Waals surface area contributed by atoms with Gasteiger partial charge in [-0.15, -0.1) is 0 Å². The molecule has 0 aliphatic carbocycles. The number of amides is 2. The van der Waals surface area contributed by atoms with Crippen LogP contribution in [0.3, 0.4) is 0 Å². The maximum atomic E-state index is 14.9. The molecular weight excluding hydrogens is 605 g/mol. The van der Waals surface area contributed by atoms with Crippen molar-refractivity contribution in [1.82, 2.24) is 20.2 Å². The lowest BCUT2D eigenvalue weighted by Gasteiger charge is -2.24. The second kappa shape index (κ2) is 22.3. The Bertz CT molecular complexity index is 1330. The highest BCUT2D eigenvalue weighted by molar-refractivity contribution is 5.76. The average Bonchev–Trinajstić information content (AvgIpc) is 3.26. The van der Waals surface area contributed by atoms with Crippen molar-refractivity contribution < 1.29 is 28.6 Å². The Balaban J connectivity index is 1.50. The molecule has 1 aromatic heterocycles. The van der Waals surface area contributed by atoms with Crippen LogP contribution in [-0.2, 0) is 14.3 Å². The van der Waals surface area contributed by atoms with Crippen molar-refractivity contribution in [3.05, 3.63) is 95.7 Å². The molecule has 1 aliphatic rings. The fourth-order valence-electron chi connectivity index (χ4n) is 4.39. The van der Waals surface area contributed by atoms with Crippen LogP contribution in [0.2, 0.25) is 0 Å². The highest BCUT2D eigenvalue weighted by Crippen LogP contribution is 2.38. The highest BCUT2D eigenvalue weighted by atomic mass is 19.1. The van der Waals surface area contributed by atoms with Gasteiger partial charge in [-0.25, -0.2) is 14.0 Å². The first-order valence-corrected chi connectivity index (χ1v) is 16.1. The summed E-state index contributed by atoms with van der Waals surface area (Å²) in [4.78, 5) is 39.7. The van der Waals surface area contributed by atoms with E-state index in [-0.39, 0.29) is 24.8 Å². The molecule has 0 bridgehead atoms. The Hall–Kier alpha value is -4.29. The molecule has 4 atom stereocenters. The number of allylic oxidation sites excluding steroid dienone is 12. The molecule has 12 heteroatoms. The average molecular weight is 656 g/mol. The molecule has 2 amide bonds. The zero-order valence-corrected chi connectivity index (χ0v) is 27.4. The van der Waals surface area contributed by atoms with Gasteiger partial charge in [0, 0.05) is 25.7 Å². The van der Waals surface area contributed by atoms with Crippen LogP contribution in [0, 0.1) is 0 Å². The van der Waals surface area contributed by atoms with Crippen LogP contribution in [0.15, 0.2) is 90.0 Å². The molecule has 0 spiro atoms. The van der Waals surface area contributed by atoms with Crippen molar-refractivity contribution in [2.45, 2.75) is 89.3 Å². The summed E-state index contributed by atoms with van der Waals surface area (Å²) in [6.45, 7) is 3.15.